The van der Waals surface area contributed by atoms with Gasteiger partial charge in [0.1, 0.15) is 24.2 Å². The fourth-order valence-corrected chi connectivity index (χ4v) is 5.56. The molecule has 194 valence electrons. The van der Waals surface area contributed by atoms with Gasteiger partial charge >= 0.3 is 17.9 Å². The number of carbonyl (C=O) groups is 5. The van der Waals surface area contributed by atoms with E-state index in [-0.39, 0.29) is 17.7 Å². The number of esters is 3. The van der Waals surface area contributed by atoms with Crippen LogP contribution in [0.1, 0.15) is 41.5 Å². The largest absolute Gasteiger partial charge is 0.463 e. The molecular weight excluding hydrogens is 502 g/mol. The molecule has 0 aliphatic carbocycles. The Labute approximate surface area is 217 Å². The van der Waals surface area contributed by atoms with Crippen LogP contribution in [0.3, 0.4) is 0 Å². The van der Waals surface area contributed by atoms with Crippen LogP contribution < -0.4 is 0 Å². The highest BCUT2D eigenvalue weighted by molar-refractivity contribution is 7.99. The second-order valence-corrected chi connectivity index (χ2v) is 9.61. The number of ether oxygens (including phenoxy) is 4. The molecule has 0 saturated carbocycles. The zero-order chi connectivity index (χ0) is 26.7. The van der Waals surface area contributed by atoms with Crippen molar-refractivity contribution in [3.63, 3.8) is 0 Å². The first-order chi connectivity index (χ1) is 17.7. The van der Waals surface area contributed by atoms with E-state index in [1.807, 2.05) is 30.3 Å². The number of imide groups is 1. The Kier molecular flexibility index (Phi) is 7.94. The van der Waals surface area contributed by atoms with E-state index in [1.165, 1.54) is 37.7 Å². The van der Waals surface area contributed by atoms with Gasteiger partial charge in [-0.1, -0.05) is 42.1 Å². The van der Waals surface area contributed by atoms with Crippen LogP contribution in [0, 0.1) is 0 Å². The maximum absolute atomic E-state index is 13.5. The lowest BCUT2D eigenvalue weighted by Crippen LogP contribution is -2.66. The van der Waals surface area contributed by atoms with E-state index in [4.69, 9.17) is 18.9 Å². The number of carbonyl (C=O) groups excluding carboxylic acids is 5. The first-order valence-corrected chi connectivity index (χ1v) is 12.4. The monoisotopic (exact) mass is 527 g/mol. The minimum atomic E-state index is -1.31. The van der Waals surface area contributed by atoms with Crippen LogP contribution in [0.2, 0.25) is 0 Å². The van der Waals surface area contributed by atoms with Gasteiger partial charge in [0, 0.05) is 25.7 Å². The lowest BCUT2D eigenvalue weighted by atomic mass is 9.96. The maximum atomic E-state index is 13.5. The van der Waals surface area contributed by atoms with Crippen molar-refractivity contribution in [2.75, 3.05) is 6.61 Å². The molecule has 5 atom stereocenters. The van der Waals surface area contributed by atoms with Gasteiger partial charge in [-0.15, -0.1) is 0 Å². The highest BCUT2D eigenvalue weighted by Crippen LogP contribution is 2.40. The number of thioether (sulfide) groups is 1. The zero-order valence-electron chi connectivity index (χ0n) is 20.3. The van der Waals surface area contributed by atoms with E-state index in [2.05, 4.69) is 0 Å². The number of rotatable bonds is 7. The quantitative estimate of drug-likeness (QED) is 0.301. The molecule has 0 bridgehead atoms. The van der Waals surface area contributed by atoms with Crippen LogP contribution in [0.15, 0.2) is 59.5 Å². The van der Waals surface area contributed by atoms with E-state index in [9.17, 15) is 24.0 Å². The molecule has 11 heteroatoms. The van der Waals surface area contributed by atoms with Crippen molar-refractivity contribution in [3.05, 3.63) is 65.7 Å². The Bertz CT molecular complexity index is 1180. The summed E-state index contributed by atoms with van der Waals surface area (Å²) in [6, 6.07) is 14.2. The lowest BCUT2D eigenvalue weighted by Gasteiger charge is -2.47. The van der Waals surface area contributed by atoms with Gasteiger partial charge in [-0.3, -0.25) is 28.9 Å². The van der Waals surface area contributed by atoms with Crippen LogP contribution in [0.25, 0.3) is 0 Å². The Morgan fingerprint density at radius 3 is 1.89 bits per heavy atom. The number of hydrogen-bond acceptors (Lipinski definition) is 10. The smallest absolute Gasteiger partial charge is 0.303 e. The Morgan fingerprint density at radius 2 is 1.35 bits per heavy atom. The molecule has 10 nitrogen and oxygen atoms in total. The predicted molar refractivity (Wildman–Crippen MR) is 129 cm³/mol. The predicted octanol–water partition coefficient (Wildman–Crippen LogP) is 2.59. The average Bonchev–Trinajstić information content (AvgIpc) is 3.10. The first-order valence-electron chi connectivity index (χ1n) is 11.5. The number of fused-ring (bicyclic) bond motifs is 1. The summed E-state index contributed by atoms with van der Waals surface area (Å²) in [5, 5.41) is 0. The summed E-state index contributed by atoms with van der Waals surface area (Å²) in [5.74, 6) is -3.21. The van der Waals surface area contributed by atoms with E-state index in [0.717, 1.165) is 16.7 Å². The van der Waals surface area contributed by atoms with Crippen molar-refractivity contribution < 1.29 is 42.9 Å². The van der Waals surface area contributed by atoms with Crippen molar-refractivity contribution >= 4 is 41.5 Å². The molecule has 2 aliphatic heterocycles. The third kappa shape index (κ3) is 5.67. The van der Waals surface area contributed by atoms with Gasteiger partial charge in [-0.05, 0) is 24.3 Å². The fraction of sp³-hybridized carbons (Fsp3) is 0.346. The van der Waals surface area contributed by atoms with Crippen LogP contribution >= 0.6 is 11.8 Å². The number of nitrogens with zero attached hydrogens (tertiary/aromatic N) is 1. The molecule has 0 radical (unpaired) electrons. The summed E-state index contributed by atoms with van der Waals surface area (Å²) in [7, 11) is 0. The van der Waals surface area contributed by atoms with Gasteiger partial charge in [-0.25, -0.2) is 0 Å². The highest BCUT2D eigenvalue weighted by atomic mass is 32.2. The van der Waals surface area contributed by atoms with Gasteiger partial charge in [0.25, 0.3) is 11.8 Å². The van der Waals surface area contributed by atoms with Crippen LogP contribution in [0.4, 0.5) is 0 Å². The van der Waals surface area contributed by atoms with Crippen molar-refractivity contribution in [2.45, 2.75) is 55.5 Å². The second-order valence-electron chi connectivity index (χ2n) is 8.44. The first kappa shape index (κ1) is 26.4. The third-order valence-electron chi connectivity index (χ3n) is 5.79. The molecule has 0 unspecified atom stereocenters. The number of hydrogen-bond donors (Lipinski definition) is 0. The molecule has 0 N–H and O–H groups in total. The molecule has 2 aliphatic rings. The Hall–Kier alpha value is -3.70. The number of benzene rings is 2. The van der Waals surface area contributed by atoms with Gasteiger partial charge < -0.3 is 18.9 Å². The SMILES string of the molecule is CC(=O)OC[C@@H]1O[C@H](Sc2ccccc2)[C@H](N2C(=O)c3ccccc3C2=O)[C@H](OC(C)=O)[C@H]1OC(C)=O. The van der Waals surface area contributed by atoms with Crippen molar-refractivity contribution in [3.8, 4) is 0 Å². The summed E-state index contributed by atoms with van der Waals surface area (Å²) >= 11 is 1.19. The summed E-state index contributed by atoms with van der Waals surface area (Å²) in [6.45, 7) is 3.23. The lowest BCUT2D eigenvalue weighted by molar-refractivity contribution is -0.216. The molecule has 0 spiro atoms. The van der Waals surface area contributed by atoms with Crippen LogP contribution in [-0.2, 0) is 33.3 Å². The van der Waals surface area contributed by atoms with Crippen LogP contribution in [-0.4, -0.2) is 71.0 Å². The van der Waals surface area contributed by atoms with Gasteiger partial charge in [0.05, 0.1) is 11.1 Å². The Balaban J connectivity index is 1.81. The molecule has 2 amide bonds. The van der Waals surface area contributed by atoms with Gasteiger partial charge in [0.15, 0.2) is 12.2 Å². The van der Waals surface area contributed by atoms with Crippen molar-refractivity contribution in [2.24, 2.45) is 0 Å². The molecule has 37 heavy (non-hydrogen) atoms. The summed E-state index contributed by atoms with van der Waals surface area (Å²) in [5.41, 5.74) is -0.575. The summed E-state index contributed by atoms with van der Waals surface area (Å²) < 4.78 is 22.5. The minimum Gasteiger partial charge on any atom is -0.463 e. The summed E-state index contributed by atoms with van der Waals surface area (Å²) in [6.07, 6.45) is -3.63. The second kappa shape index (κ2) is 11.1. The maximum Gasteiger partial charge on any atom is 0.303 e. The topological polar surface area (TPSA) is 126 Å². The summed E-state index contributed by atoms with van der Waals surface area (Å²) in [4.78, 5) is 64.6. The molecule has 4 rings (SSSR count). The molecule has 2 heterocycles. The van der Waals surface area contributed by atoms with E-state index >= 15 is 0 Å². The molecule has 1 fully saturated rings. The van der Waals surface area contributed by atoms with E-state index in [1.54, 1.807) is 12.1 Å². The zero-order valence-corrected chi connectivity index (χ0v) is 21.1. The Morgan fingerprint density at radius 1 is 0.811 bits per heavy atom. The molecule has 2 aromatic rings. The minimum absolute atomic E-state index is 0.198. The molecule has 1 saturated heterocycles. The van der Waals surface area contributed by atoms with Gasteiger partial charge in [0.2, 0.25) is 0 Å². The number of amides is 2. The average molecular weight is 528 g/mol. The fourth-order valence-electron chi connectivity index (χ4n) is 4.37. The van der Waals surface area contributed by atoms with Crippen molar-refractivity contribution in [1.82, 2.24) is 4.90 Å². The van der Waals surface area contributed by atoms with E-state index < -0.39 is 59.5 Å². The molecular formula is C26H25NO9S. The van der Waals surface area contributed by atoms with Crippen molar-refractivity contribution in [1.29, 1.82) is 0 Å². The molecule has 2 aromatic carbocycles. The standard InChI is InChI=1S/C26H25NO9S/c1-14(28)33-13-20-22(34-15(2)29)23(35-16(3)30)21(26(36-20)37-17-9-5-4-6-10-17)27-24(31)18-11-7-8-12-19(18)25(27)32/h4-12,20-23,26H,13H2,1-3H3/t20-,21+,22-,23-,26+/m0/s1. The van der Waals surface area contributed by atoms with E-state index in [0.29, 0.717) is 0 Å². The van der Waals surface area contributed by atoms with Crippen LogP contribution in [0.5, 0.6) is 0 Å². The normalized spacial score (nSPS) is 24.8. The third-order valence-corrected chi connectivity index (χ3v) is 6.96. The molecule has 0 aromatic heterocycles. The highest BCUT2D eigenvalue weighted by Gasteiger charge is 2.56. The van der Waals surface area contributed by atoms with Gasteiger partial charge in [-0.2, -0.15) is 0 Å².